The fourth-order valence-corrected chi connectivity index (χ4v) is 3.00. The standard InChI is InChI=1S/C17H15ClN4O2S/c18-12-7-5-11(6-8-12)17-21-16(24-22-17)9-20-13-3-1-2-4-14(13)25-10-15(19)23/h1-8,20H,9-10H2,(H2,19,23). The summed E-state index contributed by atoms with van der Waals surface area (Å²) in [6, 6.07) is 14.9. The molecule has 0 saturated heterocycles. The van der Waals surface area contributed by atoms with Crippen molar-refractivity contribution in [1.82, 2.24) is 10.1 Å². The van der Waals surface area contributed by atoms with E-state index in [9.17, 15) is 4.79 Å². The number of benzene rings is 2. The number of nitrogens with one attached hydrogen (secondary N) is 1. The van der Waals surface area contributed by atoms with Gasteiger partial charge in [-0.15, -0.1) is 11.8 Å². The number of nitrogens with zero attached hydrogens (tertiary/aromatic N) is 2. The molecule has 6 nitrogen and oxygen atoms in total. The van der Waals surface area contributed by atoms with Gasteiger partial charge in [0.2, 0.25) is 17.6 Å². The molecule has 1 heterocycles. The molecule has 3 rings (SSSR count). The van der Waals surface area contributed by atoms with Gasteiger partial charge in [0, 0.05) is 21.2 Å². The Labute approximate surface area is 153 Å². The molecule has 0 fully saturated rings. The molecule has 8 heteroatoms. The zero-order valence-electron chi connectivity index (χ0n) is 13.1. The summed E-state index contributed by atoms with van der Waals surface area (Å²) in [5, 5.41) is 7.86. The first-order valence-electron chi connectivity index (χ1n) is 7.44. The summed E-state index contributed by atoms with van der Waals surface area (Å²) in [6.07, 6.45) is 0. The lowest BCUT2D eigenvalue weighted by atomic mass is 10.2. The van der Waals surface area contributed by atoms with Crippen molar-refractivity contribution >= 4 is 35.0 Å². The SMILES string of the molecule is NC(=O)CSc1ccccc1NCc1nc(-c2ccc(Cl)cc2)no1. The number of para-hydroxylation sites is 1. The number of thioether (sulfide) groups is 1. The number of aromatic nitrogens is 2. The molecule has 0 bridgehead atoms. The van der Waals surface area contributed by atoms with Gasteiger partial charge in [0.1, 0.15) is 0 Å². The van der Waals surface area contributed by atoms with E-state index in [0.717, 1.165) is 16.1 Å². The zero-order valence-corrected chi connectivity index (χ0v) is 14.7. The first-order valence-corrected chi connectivity index (χ1v) is 8.81. The molecule has 2 aromatic carbocycles. The molecule has 0 saturated carbocycles. The fourth-order valence-electron chi connectivity index (χ4n) is 2.10. The van der Waals surface area contributed by atoms with E-state index in [-0.39, 0.29) is 11.7 Å². The molecule has 3 N–H and O–H groups in total. The van der Waals surface area contributed by atoms with E-state index >= 15 is 0 Å². The lowest BCUT2D eigenvalue weighted by molar-refractivity contribution is -0.115. The van der Waals surface area contributed by atoms with E-state index in [1.54, 1.807) is 12.1 Å². The predicted molar refractivity (Wildman–Crippen MR) is 98.4 cm³/mol. The van der Waals surface area contributed by atoms with Crippen molar-refractivity contribution in [3.05, 3.63) is 59.4 Å². The Morgan fingerprint density at radius 2 is 1.96 bits per heavy atom. The third-order valence-electron chi connectivity index (χ3n) is 3.26. The highest BCUT2D eigenvalue weighted by Crippen LogP contribution is 2.27. The fraction of sp³-hybridized carbons (Fsp3) is 0.118. The van der Waals surface area contributed by atoms with Gasteiger partial charge in [-0.05, 0) is 36.4 Å². The molecule has 25 heavy (non-hydrogen) atoms. The minimum Gasteiger partial charge on any atom is -0.375 e. The Bertz CT molecular complexity index is 867. The number of nitrogens with two attached hydrogens (primary N) is 1. The summed E-state index contributed by atoms with van der Waals surface area (Å²) in [4.78, 5) is 16.3. The molecule has 1 aromatic heterocycles. The van der Waals surface area contributed by atoms with Crippen LogP contribution in [0, 0.1) is 0 Å². The number of carbonyl (C=O) groups is 1. The van der Waals surface area contributed by atoms with Crippen LogP contribution < -0.4 is 11.1 Å². The molecule has 0 spiro atoms. The smallest absolute Gasteiger partial charge is 0.246 e. The maximum atomic E-state index is 11.0. The van der Waals surface area contributed by atoms with Crippen LogP contribution >= 0.6 is 23.4 Å². The largest absolute Gasteiger partial charge is 0.375 e. The Kier molecular flexibility index (Phi) is 5.57. The van der Waals surface area contributed by atoms with Crippen molar-refractivity contribution < 1.29 is 9.32 Å². The summed E-state index contributed by atoms with van der Waals surface area (Å²) in [5.41, 5.74) is 6.91. The van der Waals surface area contributed by atoms with Crippen LogP contribution in [0.4, 0.5) is 5.69 Å². The number of hydrogen-bond acceptors (Lipinski definition) is 6. The quantitative estimate of drug-likeness (QED) is 0.614. The summed E-state index contributed by atoms with van der Waals surface area (Å²) in [5.74, 6) is 0.828. The van der Waals surface area contributed by atoms with Crippen molar-refractivity contribution in [2.24, 2.45) is 5.73 Å². The second kappa shape index (κ2) is 8.04. The van der Waals surface area contributed by atoms with Gasteiger partial charge in [0.15, 0.2) is 0 Å². The van der Waals surface area contributed by atoms with Crippen LogP contribution in [-0.2, 0) is 11.3 Å². The molecule has 128 valence electrons. The third-order valence-corrected chi connectivity index (χ3v) is 4.61. The zero-order chi connectivity index (χ0) is 17.6. The van der Waals surface area contributed by atoms with Crippen LogP contribution in [0.5, 0.6) is 0 Å². The average molecular weight is 375 g/mol. The average Bonchev–Trinajstić information content (AvgIpc) is 3.08. The second-order valence-corrected chi connectivity index (χ2v) is 6.58. The van der Waals surface area contributed by atoms with Crippen molar-refractivity contribution in [2.75, 3.05) is 11.1 Å². The van der Waals surface area contributed by atoms with Gasteiger partial charge < -0.3 is 15.6 Å². The van der Waals surface area contributed by atoms with Crippen molar-refractivity contribution in [3.63, 3.8) is 0 Å². The highest BCUT2D eigenvalue weighted by molar-refractivity contribution is 8.00. The maximum absolute atomic E-state index is 11.0. The minimum atomic E-state index is -0.357. The van der Waals surface area contributed by atoms with Gasteiger partial charge in [0.25, 0.3) is 0 Å². The van der Waals surface area contributed by atoms with E-state index in [2.05, 4.69) is 15.5 Å². The van der Waals surface area contributed by atoms with Gasteiger partial charge >= 0.3 is 0 Å². The number of rotatable bonds is 7. The molecule has 0 aliphatic rings. The lowest BCUT2D eigenvalue weighted by Gasteiger charge is -2.09. The number of carbonyl (C=O) groups excluding carboxylic acids is 1. The molecular weight excluding hydrogens is 360 g/mol. The molecule has 0 unspecified atom stereocenters. The molecule has 3 aromatic rings. The Balaban J connectivity index is 1.66. The highest BCUT2D eigenvalue weighted by atomic mass is 35.5. The number of amides is 1. The molecule has 0 atom stereocenters. The van der Waals surface area contributed by atoms with Crippen LogP contribution in [0.1, 0.15) is 5.89 Å². The second-order valence-electron chi connectivity index (χ2n) is 5.12. The highest BCUT2D eigenvalue weighted by Gasteiger charge is 2.10. The van der Waals surface area contributed by atoms with Crippen LogP contribution in [-0.4, -0.2) is 21.8 Å². The summed E-state index contributed by atoms with van der Waals surface area (Å²) < 4.78 is 5.27. The van der Waals surface area contributed by atoms with Crippen LogP contribution in [0.2, 0.25) is 5.02 Å². The van der Waals surface area contributed by atoms with Gasteiger partial charge in [-0.3, -0.25) is 4.79 Å². The number of anilines is 1. The topological polar surface area (TPSA) is 94.0 Å². The van der Waals surface area contributed by atoms with Crippen LogP contribution in [0.15, 0.2) is 57.9 Å². The van der Waals surface area contributed by atoms with Crippen molar-refractivity contribution in [1.29, 1.82) is 0 Å². The van der Waals surface area contributed by atoms with E-state index in [4.69, 9.17) is 21.9 Å². The normalized spacial score (nSPS) is 10.6. The molecule has 0 aliphatic carbocycles. The molecular formula is C17H15ClN4O2S. The Morgan fingerprint density at radius 1 is 1.20 bits per heavy atom. The van der Waals surface area contributed by atoms with E-state index in [1.807, 2.05) is 36.4 Å². The number of hydrogen-bond donors (Lipinski definition) is 2. The molecule has 0 aliphatic heterocycles. The third kappa shape index (κ3) is 4.74. The minimum absolute atomic E-state index is 0.222. The van der Waals surface area contributed by atoms with Gasteiger partial charge in [0.05, 0.1) is 12.3 Å². The Hall–Kier alpha value is -2.51. The number of halogens is 1. The summed E-state index contributed by atoms with van der Waals surface area (Å²) in [7, 11) is 0. The maximum Gasteiger partial charge on any atom is 0.246 e. The lowest BCUT2D eigenvalue weighted by Crippen LogP contribution is -2.13. The summed E-state index contributed by atoms with van der Waals surface area (Å²) >= 11 is 7.25. The molecule has 1 amide bonds. The van der Waals surface area contributed by atoms with E-state index < -0.39 is 0 Å². The van der Waals surface area contributed by atoms with E-state index in [0.29, 0.717) is 23.3 Å². The van der Waals surface area contributed by atoms with Gasteiger partial charge in [-0.25, -0.2) is 0 Å². The van der Waals surface area contributed by atoms with E-state index in [1.165, 1.54) is 11.8 Å². The first-order chi connectivity index (χ1) is 12.1. The predicted octanol–water partition coefficient (Wildman–Crippen LogP) is 3.58. The van der Waals surface area contributed by atoms with Crippen molar-refractivity contribution in [3.8, 4) is 11.4 Å². The van der Waals surface area contributed by atoms with Gasteiger partial charge in [-0.2, -0.15) is 4.98 Å². The van der Waals surface area contributed by atoms with Crippen molar-refractivity contribution in [2.45, 2.75) is 11.4 Å². The monoisotopic (exact) mass is 374 g/mol. The first kappa shape index (κ1) is 17.3. The van der Waals surface area contributed by atoms with Crippen LogP contribution in [0.25, 0.3) is 11.4 Å². The van der Waals surface area contributed by atoms with Gasteiger partial charge in [-0.1, -0.05) is 28.9 Å². The van der Waals surface area contributed by atoms with Crippen LogP contribution in [0.3, 0.4) is 0 Å². The summed E-state index contributed by atoms with van der Waals surface area (Å²) in [6.45, 7) is 0.370. The number of primary amides is 1. The Morgan fingerprint density at radius 3 is 2.72 bits per heavy atom. The molecule has 0 radical (unpaired) electrons.